The van der Waals surface area contributed by atoms with E-state index in [0.29, 0.717) is 16.2 Å². The molecule has 3 rings (SSSR count). The lowest BCUT2D eigenvalue weighted by Gasteiger charge is -2.04. The van der Waals surface area contributed by atoms with Crippen molar-refractivity contribution in [3.05, 3.63) is 34.5 Å². The van der Waals surface area contributed by atoms with E-state index in [0.717, 1.165) is 18.2 Å². The maximum absolute atomic E-state index is 12.1. The highest BCUT2D eigenvalue weighted by Crippen LogP contribution is 2.27. The minimum atomic E-state index is -0.397. The van der Waals surface area contributed by atoms with Gasteiger partial charge in [-0.15, -0.1) is 0 Å². The number of carbonyl (C=O) groups excluding carboxylic acids is 2. The van der Waals surface area contributed by atoms with Crippen LogP contribution in [0.25, 0.3) is 11.0 Å². The van der Waals surface area contributed by atoms with Crippen LogP contribution in [-0.2, 0) is 4.79 Å². The number of benzene rings is 1. The standard InChI is InChI=1S/C15H15ClN2O3/c1-8-11-6-9(16)2-5-12(11)21-14(8)15(20)17-7-13(19)18-10-3-4-10/h2,5-6,10H,3-4,7H2,1H3,(H,17,20)(H,18,19). The number of fused-ring (bicyclic) bond motifs is 1. The molecule has 110 valence electrons. The predicted octanol–water partition coefficient (Wildman–Crippen LogP) is 2.40. The number of hydrogen-bond acceptors (Lipinski definition) is 3. The molecular formula is C15H15ClN2O3. The predicted molar refractivity (Wildman–Crippen MR) is 79.5 cm³/mol. The zero-order chi connectivity index (χ0) is 15.0. The molecule has 0 spiro atoms. The van der Waals surface area contributed by atoms with Gasteiger partial charge in [-0.2, -0.15) is 0 Å². The van der Waals surface area contributed by atoms with Crippen molar-refractivity contribution in [3.63, 3.8) is 0 Å². The molecule has 2 aromatic rings. The summed E-state index contributed by atoms with van der Waals surface area (Å²) in [6.07, 6.45) is 2.03. The summed E-state index contributed by atoms with van der Waals surface area (Å²) < 4.78 is 5.54. The average Bonchev–Trinajstić information content (AvgIpc) is 3.20. The van der Waals surface area contributed by atoms with Crippen LogP contribution in [0.4, 0.5) is 0 Å². The van der Waals surface area contributed by atoms with E-state index >= 15 is 0 Å². The fourth-order valence-corrected chi connectivity index (χ4v) is 2.33. The Bertz CT molecular complexity index is 719. The number of nitrogens with one attached hydrogen (secondary N) is 2. The highest BCUT2D eigenvalue weighted by atomic mass is 35.5. The normalized spacial score (nSPS) is 14.2. The summed E-state index contributed by atoms with van der Waals surface area (Å²) in [5.74, 6) is -0.361. The Morgan fingerprint density at radius 2 is 2.14 bits per heavy atom. The van der Waals surface area contributed by atoms with Gasteiger partial charge >= 0.3 is 0 Å². The van der Waals surface area contributed by atoms with Gasteiger partial charge in [0.2, 0.25) is 5.91 Å². The Kier molecular flexibility index (Phi) is 3.59. The quantitative estimate of drug-likeness (QED) is 0.911. The van der Waals surface area contributed by atoms with Gasteiger partial charge in [0.1, 0.15) is 5.58 Å². The van der Waals surface area contributed by atoms with Crippen LogP contribution >= 0.6 is 11.6 Å². The van der Waals surface area contributed by atoms with E-state index in [1.54, 1.807) is 25.1 Å². The molecule has 0 atom stereocenters. The fraction of sp³-hybridized carbons (Fsp3) is 0.333. The molecule has 1 fully saturated rings. The van der Waals surface area contributed by atoms with E-state index < -0.39 is 5.91 Å². The monoisotopic (exact) mass is 306 g/mol. The smallest absolute Gasteiger partial charge is 0.287 e. The van der Waals surface area contributed by atoms with Gasteiger partial charge in [-0.05, 0) is 38.0 Å². The van der Waals surface area contributed by atoms with E-state index in [4.69, 9.17) is 16.0 Å². The lowest BCUT2D eigenvalue weighted by Crippen LogP contribution is -2.37. The molecular weight excluding hydrogens is 292 g/mol. The number of furan rings is 1. The molecule has 1 aliphatic rings. The number of carbonyl (C=O) groups is 2. The van der Waals surface area contributed by atoms with Gasteiger partial charge in [0.25, 0.3) is 5.91 Å². The number of amides is 2. The van der Waals surface area contributed by atoms with Crippen molar-refractivity contribution in [2.75, 3.05) is 6.54 Å². The second-order valence-electron chi connectivity index (χ2n) is 5.22. The summed E-state index contributed by atoms with van der Waals surface area (Å²) in [6.45, 7) is 1.74. The van der Waals surface area contributed by atoms with Crippen molar-refractivity contribution >= 4 is 34.4 Å². The summed E-state index contributed by atoms with van der Waals surface area (Å²) in [5, 5.41) is 6.76. The van der Waals surface area contributed by atoms with Crippen LogP contribution < -0.4 is 10.6 Å². The van der Waals surface area contributed by atoms with Crippen molar-refractivity contribution in [2.45, 2.75) is 25.8 Å². The van der Waals surface area contributed by atoms with Crippen LogP contribution in [0, 0.1) is 6.92 Å². The first-order chi connectivity index (χ1) is 10.0. The summed E-state index contributed by atoms with van der Waals surface area (Å²) >= 11 is 5.94. The molecule has 1 aromatic carbocycles. The molecule has 1 aliphatic carbocycles. The Balaban J connectivity index is 1.71. The summed E-state index contributed by atoms with van der Waals surface area (Å²) in [7, 11) is 0. The summed E-state index contributed by atoms with van der Waals surface area (Å²) in [4.78, 5) is 23.7. The molecule has 0 saturated heterocycles. The molecule has 1 heterocycles. The molecule has 1 saturated carbocycles. The Labute approximate surface area is 126 Å². The molecule has 0 radical (unpaired) electrons. The molecule has 0 unspecified atom stereocenters. The van der Waals surface area contributed by atoms with Gasteiger partial charge < -0.3 is 15.1 Å². The third-order valence-electron chi connectivity index (χ3n) is 3.46. The second kappa shape index (κ2) is 5.41. The van der Waals surface area contributed by atoms with Gasteiger partial charge in [-0.25, -0.2) is 0 Å². The maximum atomic E-state index is 12.1. The first-order valence-electron chi connectivity index (χ1n) is 6.81. The second-order valence-corrected chi connectivity index (χ2v) is 5.66. The first kappa shape index (κ1) is 13.9. The largest absolute Gasteiger partial charge is 0.451 e. The van der Waals surface area contributed by atoms with E-state index in [-0.39, 0.29) is 24.3 Å². The number of halogens is 1. The third kappa shape index (κ3) is 3.03. The topological polar surface area (TPSA) is 71.3 Å². The van der Waals surface area contributed by atoms with Gasteiger partial charge in [0.15, 0.2) is 5.76 Å². The van der Waals surface area contributed by atoms with E-state index in [1.165, 1.54) is 0 Å². The van der Waals surface area contributed by atoms with E-state index in [1.807, 2.05) is 0 Å². The third-order valence-corrected chi connectivity index (χ3v) is 3.69. The van der Waals surface area contributed by atoms with Crippen molar-refractivity contribution < 1.29 is 14.0 Å². The molecule has 6 heteroatoms. The molecule has 2 amide bonds. The van der Waals surface area contributed by atoms with Crippen LogP contribution in [0.1, 0.15) is 29.0 Å². The fourth-order valence-electron chi connectivity index (χ4n) is 2.16. The molecule has 0 bridgehead atoms. The molecule has 1 aromatic heterocycles. The van der Waals surface area contributed by atoms with Crippen LogP contribution in [0.3, 0.4) is 0 Å². The summed E-state index contributed by atoms with van der Waals surface area (Å²) in [6, 6.07) is 5.47. The molecule has 0 aliphatic heterocycles. The Morgan fingerprint density at radius 3 is 2.86 bits per heavy atom. The Hall–Kier alpha value is -2.01. The number of aryl methyl sites for hydroxylation is 1. The zero-order valence-corrected chi connectivity index (χ0v) is 12.3. The molecule has 2 N–H and O–H groups in total. The molecule has 21 heavy (non-hydrogen) atoms. The van der Waals surface area contributed by atoms with Crippen LogP contribution in [0.5, 0.6) is 0 Å². The first-order valence-corrected chi connectivity index (χ1v) is 7.18. The lowest BCUT2D eigenvalue weighted by molar-refractivity contribution is -0.120. The van der Waals surface area contributed by atoms with Crippen molar-refractivity contribution in [2.24, 2.45) is 0 Å². The zero-order valence-electron chi connectivity index (χ0n) is 11.5. The van der Waals surface area contributed by atoms with Gasteiger partial charge in [0, 0.05) is 22.0 Å². The molecule has 5 nitrogen and oxygen atoms in total. The van der Waals surface area contributed by atoms with Crippen LogP contribution in [0.15, 0.2) is 22.6 Å². The van der Waals surface area contributed by atoms with Gasteiger partial charge in [-0.3, -0.25) is 9.59 Å². The summed E-state index contributed by atoms with van der Waals surface area (Å²) in [5.41, 5.74) is 1.32. The average molecular weight is 307 g/mol. The van der Waals surface area contributed by atoms with Crippen molar-refractivity contribution in [1.82, 2.24) is 10.6 Å². The van der Waals surface area contributed by atoms with Crippen LogP contribution in [0.2, 0.25) is 5.02 Å². The SMILES string of the molecule is Cc1c(C(=O)NCC(=O)NC2CC2)oc2ccc(Cl)cc12. The van der Waals surface area contributed by atoms with Gasteiger partial charge in [-0.1, -0.05) is 11.6 Å². The minimum absolute atomic E-state index is 0.0490. The van der Waals surface area contributed by atoms with E-state index in [2.05, 4.69) is 10.6 Å². The highest BCUT2D eigenvalue weighted by Gasteiger charge is 2.24. The number of rotatable bonds is 4. The van der Waals surface area contributed by atoms with Crippen LogP contribution in [-0.4, -0.2) is 24.4 Å². The van der Waals surface area contributed by atoms with Crippen molar-refractivity contribution in [1.29, 1.82) is 0 Å². The minimum Gasteiger partial charge on any atom is -0.451 e. The van der Waals surface area contributed by atoms with E-state index in [9.17, 15) is 9.59 Å². The van der Waals surface area contributed by atoms with Crippen molar-refractivity contribution in [3.8, 4) is 0 Å². The maximum Gasteiger partial charge on any atom is 0.287 e. The Morgan fingerprint density at radius 1 is 1.38 bits per heavy atom. The van der Waals surface area contributed by atoms with Gasteiger partial charge in [0.05, 0.1) is 6.54 Å². The number of hydrogen-bond donors (Lipinski definition) is 2. The lowest BCUT2D eigenvalue weighted by atomic mass is 10.1. The highest BCUT2D eigenvalue weighted by molar-refractivity contribution is 6.31.